The smallest absolute Gasteiger partial charge is 0.139 e. The van der Waals surface area contributed by atoms with Crippen LogP contribution in [0.25, 0.3) is 0 Å². The van der Waals surface area contributed by atoms with Gasteiger partial charge in [-0.15, -0.1) is 0 Å². The Kier molecular flexibility index (Phi) is 5.39. The molecule has 0 aromatic heterocycles. The summed E-state index contributed by atoms with van der Waals surface area (Å²) < 4.78 is 6.75. The van der Waals surface area contributed by atoms with Crippen LogP contribution in [-0.2, 0) is 6.42 Å². The maximum atomic E-state index is 7.61. The Hall–Kier alpha value is -1.81. The fourth-order valence-electron chi connectivity index (χ4n) is 2.04. The third-order valence-electron chi connectivity index (χ3n) is 3.20. The quantitative estimate of drug-likeness (QED) is 0.579. The number of hydrogen-bond acceptors (Lipinski definition) is 2. The number of aryl methyl sites for hydroxylation is 1. The van der Waals surface area contributed by atoms with Gasteiger partial charge in [0.2, 0.25) is 0 Å². The third-order valence-corrected chi connectivity index (χ3v) is 3.70. The molecule has 0 heterocycles. The first-order valence-electron chi connectivity index (χ1n) is 7.01. The van der Waals surface area contributed by atoms with Gasteiger partial charge >= 0.3 is 0 Å². The minimum atomic E-state index is -0.00272. The molecule has 2 aromatic rings. The van der Waals surface area contributed by atoms with Crippen LogP contribution in [0.2, 0.25) is 0 Å². The lowest BCUT2D eigenvalue weighted by molar-refractivity contribution is 0.481. The van der Waals surface area contributed by atoms with Crippen molar-refractivity contribution in [1.29, 1.82) is 5.41 Å². The molecule has 4 heteroatoms. The van der Waals surface area contributed by atoms with Crippen molar-refractivity contribution in [3.63, 3.8) is 0 Å². The van der Waals surface area contributed by atoms with Crippen LogP contribution >= 0.6 is 15.9 Å². The molecule has 0 bridgehead atoms. The number of unbranched alkanes of at least 4 members (excludes halogenated alkanes) is 1. The molecule has 0 aliphatic rings. The number of benzene rings is 2. The van der Waals surface area contributed by atoms with Crippen LogP contribution < -0.4 is 10.5 Å². The van der Waals surface area contributed by atoms with Crippen LogP contribution in [0.1, 0.15) is 30.9 Å². The van der Waals surface area contributed by atoms with E-state index in [0.29, 0.717) is 11.3 Å². The molecule has 0 saturated heterocycles. The van der Waals surface area contributed by atoms with Gasteiger partial charge < -0.3 is 10.5 Å². The van der Waals surface area contributed by atoms with E-state index >= 15 is 0 Å². The molecule has 3 N–H and O–H groups in total. The Morgan fingerprint density at radius 3 is 2.52 bits per heavy atom. The SMILES string of the molecule is CCCCc1ccc(Oc2cc(Br)ccc2C(=N)N)cc1. The maximum Gasteiger partial charge on any atom is 0.139 e. The lowest BCUT2D eigenvalue weighted by atomic mass is 10.1. The molecule has 0 fully saturated rings. The van der Waals surface area contributed by atoms with Crippen molar-refractivity contribution < 1.29 is 4.74 Å². The Morgan fingerprint density at radius 1 is 1.19 bits per heavy atom. The summed E-state index contributed by atoms with van der Waals surface area (Å²) in [7, 11) is 0. The van der Waals surface area contributed by atoms with E-state index < -0.39 is 0 Å². The van der Waals surface area contributed by atoms with E-state index in [9.17, 15) is 0 Å². The van der Waals surface area contributed by atoms with Crippen LogP contribution in [0.15, 0.2) is 46.9 Å². The van der Waals surface area contributed by atoms with Crippen molar-refractivity contribution >= 4 is 21.8 Å². The number of halogens is 1. The van der Waals surface area contributed by atoms with Gasteiger partial charge in [0.15, 0.2) is 0 Å². The lowest BCUT2D eigenvalue weighted by Gasteiger charge is -2.11. The summed E-state index contributed by atoms with van der Waals surface area (Å²) in [6.07, 6.45) is 3.48. The van der Waals surface area contributed by atoms with Crippen molar-refractivity contribution in [2.75, 3.05) is 0 Å². The van der Waals surface area contributed by atoms with Crippen LogP contribution in [0.5, 0.6) is 11.5 Å². The first-order valence-corrected chi connectivity index (χ1v) is 7.80. The molecule has 0 radical (unpaired) electrons. The average molecular weight is 347 g/mol. The number of ether oxygens (including phenoxy) is 1. The zero-order valence-corrected chi connectivity index (χ0v) is 13.6. The predicted octanol–water partition coefficient (Wildman–Crippen LogP) is 4.87. The largest absolute Gasteiger partial charge is 0.457 e. The van der Waals surface area contributed by atoms with Crippen molar-refractivity contribution in [3.05, 3.63) is 58.1 Å². The van der Waals surface area contributed by atoms with Crippen LogP contribution in [0, 0.1) is 5.41 Å². The number of nitrogens with two attached hydrogens (primary N) is 1. The highest BCUT2D eigenvalue weighted by Gasteiger charge is 2.08. The summed E-state index contributed by atoms with van der Waals surface area (Å²) in [5, 5.41) is 7.61. The van der Waals surface area contributed by atoms with Crippen molar-refractivity contribution in [1.82, 2.24) is 0 Å². The van der Waals surface area contributed by atoms with E-state index in [4.69, 9.17) is 15.9 Å². The van der Waals surface area contributed by atoms with Gasteiger partial charge in [0.25, 0.3) is 0 Å². The van der Waals surface area contributed by atoms with Gasteiger partial charge in [0, 0.05) is 4.47 Å². The molecule has 0 atom stereocenters. The molecule has 110 valence electrons. The molecule has 0 saturated carbocycles. The van der Waals surface area contributed by atoms with Crippen molar-refractivity contribution in [2.45, 2.75) is 26.2 Å². The van der Waals surface area contributed by atoms with Crippen LogP contribution in [-0.4, -0.2) is 5.84 Å². The third kappa shape index (κ3) is 4.33. The lowest BCUT2D eigenvalue weighted by Crippen LogP contribution is -2.12. The van der Waals surface area contributed by atoms with Gasteiger partial charge in [-0.25, -0.2) is 0 Å². The summed E-state index contributed by atoms with van der Waals surface area (Å²) >= 11 is 3.41. The van der Waals surface area contributed by atoms with Crippen molar-refractivity contribution in [3.8, 4) is 11.5 Å². The van der Waals surface area contributed by atoms with Crippen molar-refractivity contribution in [2.24, 2.45) is 5.73 Å². The summed E-state index contributed by atoms with van der Waals surface area (Å²) in [4.78, 5) is 0. The number of rotatable bonds is 6. The van der Waals surface area contributed by atoms with E-state index in [1.807, 2.05) is 24.3 Å². The predicted molar refractivity (Wildman–Crippen MR) is 90.3 cm³/mol. The van der Waals surface area contributed by atoms with Gasteiger partial charge in [-0.05, 0) is 48.7 Å². The Morgan fingerprint density at radius 2 is 1.90 bits per heavy atom. The Balaban J connectivity index is 2.18. The van der Waals surface area contributed by atoms with Crippen LogP contribution in [0.4, 0.5) is 0 Å². The summed E-state index contributed by atoms with van der Waals surface area (Å²) in [6.45, 7) is 2.19. The molecular formula is C17H19BrN2O. The van der Waals surface area contributed by atoms with Gasteiger partial charge in [-0.1, -0.05) is 41.4 Å². The molecular weight excluding hydrogens is 328 g/mol. The average Bonchev–Trinajstić information content (AvgIpc) is 2.46. The van der Waals surface area contributed by atoms with E-state index in [0.717, 1.165) is 16.6 Å². The number of hydrogen-bond donors (Lipinski definition) is 2. The van der Waals surface area contributed by atoms with E-state index in [-0.39, 0.29) is 5.84 Å². The van der Waals surface area contributed by atoms with Gasteiger partial charge in [-0.2, -0.15) is 0 Å². The number of nitrogens with one attached hydrogen (secondary N) is 1. The molecule has 0 unspecified atom stereocenters. The minimum Gasteiger partial charge on any atom is -0.457 e. The zero-order valence-electron chi connectivity index (χ0n) is 12.0. The highest BCUT2D eigenvalue weighted by atomic mass is 79.9. The molecule has 3 nitrogen and oxygen atoms in total. The number of nitrogen functional groups attached to an aromatic ring is 1. The molecule has 0 spiro atoms. The standard InChI is InChI=1S/C17H19BrN2O/c1-2-3-4-12-5-8-14(9-6-12)21-16-11-13(18)7-10-15(16)17(19)20/h5-11H,2-4H2,1H3,(H3,19,20). The van der Waals surface area contributed by atoms with Crippen LogP contribution in [0.3, 0.4) is 0 Å². The molecule has 0 aliphatic carbocycles. The van der Waals surface area contributed by atoms with Gasteiger partial charge in [0.1, 0.15) is 17.3 Å². The molecule has 2 rings (SSSR count). The second-order valence-corrected chi connectivity index (χ2v) is 5.82. The van der Waals surface area contributed by atoms with E-state index in [2.05, 4.69) is 35.0 Å². The van der Waals surface area contributed by atoms with Gasteiger partial charge in [-0.3, -0.25) is 5.41 Å². The normalized spacial score (nSPS) is 10.4. The summed E-state index contributed by atoms with van der Waals surface area (Å²) in [5.41, 5.74) is 7.49. The first-order chi connectivity index (χ1) is 10.1. The molecule has 21 heavy (non-hydrogen) atoms. The Bertz CT molecular complexity index is 623. The van der Waals surface area contributed by atoms with E-state index in [1.165, 1.54) is 18.4 Å². The minimum absolute atomic E-state index is 0.00272. The summed E-state index contributed by atoms with van der Waals surface area (Å²) in [5.74, 6) is 1.33. The maximum absolute atomic E-state index is 7.61. The highest BCUT2D eigenvalue weighted by molar-refractivity contribution is 9.10. The molecule has 0 amide bonds. The van der Waals surface area contributed by atoms with Gasteiger partial charge in [0.05, 0.1) is 5.56 Å². The topological polar surface area (TPSA) is 59.1 Å². The highest BCUT2D eigenvalue weighted by Crippen LogP contribution is 2.28. The molecule has 2 aromatic carbocycles. The monoisotopic (exact) mass is 346 g/mol. The zero-order chi connectivity index (χ0) is 15.2. The second-order valence-electron chi connectivity index (χ2n) is 4.90. The Labute approximate surface area is 133 Å². The first kappa shape index (κ1) is 15.6. The van der Waals surface area contributed by atoms with E-state index in [1.54, 1.807) is 6.07 Å². The summed E-state index contributed by atoms with van der Waals surface area (Å²) in [6, 6.07) is 13.5. The second kappa shape index (κ2) is 7.27. The fraction of sp³-hybridized carbons (Fsp3) is 0.235. The number of amidine groups is 1. The molecule has 0 aliphatic heterocycles. The fourth-order valence-corrected chi connectivity index (χ4v) is 2.38.